The second-order valence-electron chi connectivity index (χ2n) is 9.22. The Balaban J connectivity index is 1.58. The van der Waals surface area contributed by atoms with Crippen molar-refractivity contribution in [2.24, 2.45) is 0 Å². The van der Waals surface area contributed by atoms with E-state index in [1.807, 2.05) is 0 Å². The number of hydrogen-bond donors (Lipinski definition) is 1. The summed E-state index contributed by atoms with van der Waals surface area (Å²) in [6.45, 7) is -0.323. The first-order chi connectivity index (χ1) is 18.0. The van der Waals surface area contributed by atoms with Crippen molar-refractivity contribution in [2.45, 2.75) is 50.7 Å². The summed E-state index contributed by atoms with van der Waals surface area (Å²) in [4.78, 5) is 28.7. The number of hydrogen-bond acceptors (Lipinski definition) is 4. The predicted molar refractivity (Wildman–Crippen MR) is 136 cm³/mol. The Kier molecular flexibility index (Phi) is 7.20. The quantitative estimate of drug-likeness (QED) is 0.388. The highest BCUT2D eigenvalue weighted by Crippen LogP contribution is 2.32. The Morgan fingerprint density at radius 2 is 1.59 bits per heavy atom. The van der Waals surface area contributed by atoms with E-state index in [-0.39, 0.29) is 23.8 Å². The van der Waals surface area contributed by atoms with Gasteiger partial charge in [-0.1, -0.05) is 66.9 Å². The molecule has 1 aliphatic carbocycles. The van der Waals surface area contributed by atoms with E-state index in [1.165, 1.54) is 41.1 Å². The average Bonchev–Trinajstić information content (AvgIpc) is 3.31. The van der Waals surface area contributed by atoms with Gasteiger partial charge in [-0.25, -0.2) is 13.5 Å². The first-order valence-corrected chi connectivity index (χ1v) is 12.4. The molecule has 0 bridgehead atoms. The van der Waals surface area contributed by atoms with E-state index in [9.17, 15) is 9.59 Å². The highest BCUT2D eigenvalue weighted by molar-refractivity contribution is 6.01. The summed E-state index contributed by atoms with van der Waals surface area (Å²) < 4.78 is 31.7. The van der Waals surface area contributed by atoms with E-state index >= 15 is 8.78 Å². The van der Waals surface area contributed by atoms with Crippen LogP contribution in [0.15, 0.2) is 72.8 Å². The Labute approximate surface area is 213 Å². The molecule has 1 atom stereocenters. The van der Waals surface area contributed by atoms with Gasteiger partial charge in [0.1, 0.15) is 29.7 Å². The van der Waals surface area contributed by atoms with Gasteiger partial charge in [-0.05, 0) is 43.2 Å². The number of halogens is 2. The lowest BCUT2D eigenvalue weighted by Crippen LogP contribution is -2.48. The zero-order chi connectivity index (χ0) is 25.8. The molecule has 0 radical (unpaired) electrons. The fraction of sp³-hybridized carbons (Fsp3) is 0.286. The largest absolute Gasteiger partial charge is 0.351 e. The summed E-state index contributed by atoms with van der Waals surface area (Å²) in [7, 11) is 0. The molecule has 3 aromatic carbocycles. The topological polar surface area (TPSA) is 80.1 Å². The van der Waals surface area contributed by atoms with Crippen LogP contribution in [0.1, 0.15) is 43.7 Å². The van der Waals surface area contributed by atoms with Gasteiger partial charge in [0.15, 0.2) is 0 Å². The van der Waals surface area contributed by atoms with Crippen molar-refractivity contribution in [3.8, 4) is 0 Å². The minimum atomic E-state index is -1.43. The fourth-order valence-corrected chi connectivity index (χ4v) is 4.92. The molecule has 2 amide bonds. The van der Waals surface area contributed by atoms with E-state index in [1.54, 1.807) is 36.4 Å². The molecular weight excluding hydrogens is 476 g/mol. The number of fused-ring (bicyclic) bond motifs is 1. The van der Waals surface area contributed by atoms with Crippen LogP contribution in [0.4, 0.5) is 14.5 Å². The number of aromatic nitrogens is 3. The van der Waals surface area contributed by atoms with Crippen LogP contribution < -0.4 is 10.2 Å². The summed E-state index contributed by atoms with van der Waals surface area (Å²) in [5, 5.41) is 11.2. The van der Waals surface area contributed by atoms with Gasteiger partial charge in [0.05, 0.1) is 11.2 Å². The molecule has 0 aliphatic heterocycles. The molecule has 9 heteroatoms. The van der Waals surface area contributed by atoms with E-state index in [0.29, 0.717) is 11.0 Å². The molecule has 0 saturated heterocycles. The van der Waals surface area contributed by atoms with E-state index < -0.39 is 29.5 Å². The highest BCUT2D eigenvalue weighted by Gasteiger charge is 2.37. The molecule has 5 rings (SSSR count). The van der Waals surface area contributed by atoms with Crippen LogP contribution in [0.3, 0.4) is 0 Å². The van der Waals surface area contributed by atoms with Crippen LogP contribution in [0.25, 0.3) is 11.0 Å². The molecule has 1 aromatic heterocycles. The van der Waals surface area contributed by atoms with Gasteiger partial charge < -0.3 is 5.32 Å². The van der Waals surface area contributed by atoms with Crippen LogP contribution >= 0.6 is 0 Å². The molecule has 1 saturated carbocycles. The lowest BCUT2D eigenvalue weighted by atomic mass is 9.94. The van der Waals surface area contributed by atoms with Crippen LogP contribution in [0, 0.1) is 11.6 Å². The summed E-state index contributed by atoms with van der Waals surface area (Å²) in [5.41, 5.74) is 1.06. The van der Waals surface area contributed by atoms with Crippen LogP contribution in [-0.2, 0) is 16.1 Å². The first kappa shape index (κ1) is 24.5. The molecule has 1 aliphatic rings. The summed E-state index contributed by atoms with van der Waals surface area (Å²) in [5.74, 6) is -2.55. The third-order valence-corrected chi connectivity index (χ3v) is 6.74. The van der Waals surface area contributed by atoms with Crippen molar-refractivity contribution in [2.75, 3.05) is 4.90 Å². The first-order valence-electron chi connectivity index (χ1n) is 12.4. The number of para-hydroxylation sites is 2. The molecule has 1 heterocycles. The van der Waals surface area contributed by atoms with Crippen molar-refractivity contribution in [1.82, 2.24) is 20.3 Å². The number of amides is 2. The van der Waals surface area contributed by atoms with Gasteiger partial charge in [-0.15, -0.1) is 5.10 Å². The second-order valence-corrected chi connectivity index (χ2v) is 9.22. The van der Waals surface area contributed by atoms with Gasteiger partial charge >= 0.3 is 0 Å². The van der Waals surface area contributed by atoms with Gasteiger partial charge in [0.25, 0.3) is 0 Å². The molecule has 4 aromatic rings. The van der Waals surface area contributed by atoms with E-state index in [4.69, 9.17) is 0 Å². The second kappa shape index (κ2) is 10.9. The Morgan fingerprint density at radius 3 is 2.35 bits per heavy atom. The lowest BCUT2D eigenvalue weighted by Gasteiger charge is -2.33. The summed E-state index contributed by atoms with van der Waals surface area (Å²) in [6.07, 6.45) is 4.65. The highest BCUT2D eigenvalue weighted by atomic mass is 19.1. The SMILES string of the molecule is O=C(NC1CCCCC1)[C@H](c1ccccc1F)N(C(=O)Cn1nnc2ccccc21)c1ccccc1F. The molecule has 190 valence electrons. The molecule has 37 heavy (non-hydrogen) atoms. The maximum atomic E-state index is 15.2. The Morgan fingerprint density at radius 1 is 0.919 bits per heavy atom. The molecule has 1 fully saturated rings. The standard InChI is InChI=1S/C28H27F2N5O2/c29-21-13-5-4-12-20(21)27(28(37)31-19-10-2-1-3-11-19)35(24-16-8-6-14-22(24)30)26(36)18-34-25-17-9-7-15-23(25)32-33-34/h4-9,12-17,19,27H,1-3,10-11,18H2,(H,31,37)/t27-/m0/s1. The monoisotopic (exact) mass is 503 g/mol. The summed E-state index contributed by atoms with van der Waals surface area (Å²) in [6, 6.07) is 17.1. The molecule has 0 spiro atoms. The fourth-order valence-electron chi connectivity index (χ4n) is 4.92. The van der Waals surface area contributed by atoms with E-state index in [0.717, 1.165) is 37.0 Å². The summed E-state index contributed by atoms with van der Waals surface area (Å²) >= 11 is 0. The Hall–Kier alpha value is -4.14. The molecule has 0 unspecified atom stereocenters. The van der Waals surface area contributed by atoms with Crippen LogP contribution in [-0.4, -0.2) is 32.9 Å². The number of benzene rings is 3. The van der Waals surface area contributed by atoms with Crippen molar-refractivity contribution in [3.05, 3.63) is 90.0 Å². The minimum absolute atomic E-state index is 0.0177. The third kappa shape index (κ3) is 5.21. The van der Waals surface area contributed by atoms with E-state index in [2.05, 4.69) is 15.6 Å². The van der Waals surface area contributed by atoms with Gasteiger partial charge in [0, 0.05) is 11.6 Å². The predicted octanol–water partition coefficient (Wildman–Crippen LogP) is 4.93. The number of anilines is 1. The molecular formula is C28H27F2N5O2. The zero-order valence-corrected chi connectivity index (χ0v) is 20.2. The number of nitrogens with one attached hydrogen (secondary N) is 1. The number of carbonyl (C=O) groups is 2. The number of carbonyl (C=O) groups excluding carboxylic acids is 2. The van der Waals surface area contributed by atoms with Gasteiger partial charge in [-0.3, -0.25) is 14.5 Å². The van der Waals surface area contributed by atoms with Crippen molar-refractivity contribution in [3.63, 3.8) is 0 Å². The van der Waals surface area contributed by atoms with Crippen molar-refractivity contribution < 1.29 is 18.4 Å². The Bertz CT molecular complexity index is 1420. The van der Waals surface area contributed by atoms with Gasteiger partial charge in [-0.2, -0.15) is 0 Å². The maximum Gasteiger partial charge on any atom is 0.249 e. The normalized spacial score (nSPS) is 14.9. The number of nitrogens with zero attached hydrogens (tertiary/aromatic N) is 4. The molecule has 1 N–H and O–H groups in total. The average molecular weight is 504 g/mol. The van der Waals surface area contributed by atoms with Crippen molar-refractivity contribution in [1.29, 1.82) is 0 Å². The third-order valence-electron chi connectivity index (χ3n) is 6.74. The molecule has 7 nitrogen and oxygen atoms in total. The van der Waals surface area contributed by atoms with Crippen LogP contribution in [0.2, 0.25) is 0 Å². The zero-order valence-electron chi connectivity index (χ0n) is 20.2. The van der Waals surface area contributed by atoms with Crippen LogP contribution in [0.5, 0.6) is 0 Å². The van der Waals surface area contributed by atoms with Gasteiger partial charge in [0.2, 0.25) is 11.8 Å². The lowest BCUT2D eigenvalue weighted by molar-refractivity contribution is -0.127. The minimum Gasteiger partial charge on any atom is -0.351 e. The smallest absolute Gasteiger partial charge is 0.249 e. The maximum absolute atomic E-state index is 15.2. The van der Waals surface area contributed by atoms with Crippen molar-refractivity contribution >= 4 is 28.5 Å². The number of rotatable bonds is 7.